The van der Waals surface area contributed by atoms with Gasteiger partial charge in [-0.3, -0.25) is 4.79 Å². The molecule has 1 amide bonds. The molecule has 2 heterocycles. The first-order chi connectivity index (χ1) is 8.46. The molecule has 1 saturated heterocycles. The van der Waals surface area contributed by atoms with Gasteiger partial charge >= 0.3 is 0 Å². The van der Waals surface area contributed by atoms with Crippen molar-refractivity contribution in [2.24, 2.45) is 0 Å². The highest BCUT2D eigenvalue weighted by Crippen LogP contribution is 2.31. The molecule has 1 aliphatic heterocycles. The van der Waals surface area contributed by atoms with Gasteiger partial charge < -0.3 is 15.5 Å². The lowest BCUT2D eigenvalue weighted by atomic mass is 9.99. The van der Waals surface area contributed by atoms with E-state index in [1.54, 1.807) is 13.2 Å². The monoisotopic (exact) mass is 313 g/mol. The Hall–Kier alpha value is -1.37. The smallest absolute Gasteiger partial charge is 0.245 e. The summed E-state index contributed by atoms with van der Waals surface area (Å²) < 4.78 is 0.782. The summed E-state index contributed by atoms with van der Waals surface area (Å²) in [5.41, 5.74) is -0.625. The molecule has 1 aromatic heterocycles. The standard InChI is InChI=1S/C11H16BrN5O/c1-11(2)9(18)14-4-5-17(11)8-7(12)6-15-10(13-3)16-8/h6H,4-5H2,1-3H3,(H,14,18)(H,13,15,16). The molecular weight excluding hydrogens is 298 g/mol. The summed E-state index contributed by atoms with van der Waals surface area (Å²) in [6.45, 7) is 5.11. The molecule has 1 fully saturated rings. The van der Waals surface area contributed by atoms with Crippen LogP contribution in [0.15, 0.2) is 10.7 Å². The SMILES string of the molecule is CNc1ncc(Br)c(N2CCNC(=O)C2(C)C)n1. The number of rotatable bonds is 2. The number of hydrogen-bond donors (Lipinski definition) is 2. The molecule has 2 rings (SSSR count). The van der Waals surface area contributed by atoms with E-state index in [4.69, 9.17) is 0 Å². The molecule has 0 aliphatic carbocycles. The molecule has 0 radical (unpaired) electrons. The summed E-state index contributed by atoms with van der Waals surface area (Å²) in [7, 11) is 1.76. The second-order valence-electron chi connectivity index (χ2n) is 4.58. The third-order valence-corrected chi connectivity index (χ3v) is 3.62. The first-order valence-electron chi connectivity index (χ1n) is 5.73. The summed E-state index contributed by atoms with van der Waals surface area (Å²) in [6.07, 6.45) is 1.69. The molecule has 0 saturated carbocycles. The summed E-state index contributed by atoms with van der Waals surface area (Å²) in [5, 5.41) is 5.77. The van der Waals surface area contributed by atoms with Crippen molar-refractivity contribution >= 4 is 33.6 Å². The van der Waals surface area contributed by atoms with Crippen LogP contribution >= 0.6 is 15.9 Å². The van der Waals surface area contributed by atoms with Gasteiger partial charge in [-0.1, -0.05) is 0 Å². The van der Waals surface area contributed by atoms with Gasteiger partial charge in [-0.2, -0.15) is 4.98 Å². The van der Waals surface area contributed by atoms with Crippen molar-refractivity contribution in [2.75, 3.05) is 30.4 Å². The van der Waals surface area contributed by atoms with Gasteiger partial charge in [-0.25, -0.2) is 4.98 Å². The lowest BCUT2D eigenvalue weighted by Crippen LogP contribution is -2.62. The molecule has 18 heavy (non-hydrogen) atoms. The topological polar surface area (TPSA) is 70.2 Å². The van der Waals surface area contributed by atoms with E-state index in [1.165, 1.54) is 0 Å². The third-order valence-electron chi connectivity index (χ3n) is 3.06. The van der Waals surface area contributed by atoms with E-state index < -0.39 is 5.54 Å². The van der Waals surface area contributed by atoms with E-state index in [0.717, 1.165) is 16.8 Å². The Morgan fingerprint density at radius 3 is 2.94 bits per heavy atom. The Morgan fingerprint density at radius 1 is 1.56 bits per heavy atom. The Labute approximate surface area is 114 Å². The summed E-state index contributed by atoms with van der Waals surface area (Å²) in [5.74, 6) is 1.27. The van der Waals surface area contributed by atoms with E-state index in [9.17, 15) is 4.79 Å². The van der Waals surface area contributed by atoms with Crippen LogP contribution in [-0.2, 0) is 4.79 Å². The van der Waals surface area contributed by atoms with Crippen molar-refractivity contribution in [1.29, 1.82) is 0 Å². The molecule has 0 unspecified atom stereocenters. The van der Waals surface area contributed by atoms with Gasteiger partial charge in [0.25, 0.3) is 0 Å². The van der Waals surface area contributed by atoms with Crippen LogP contribution in [0, 0.1) is 0 Å². The van der Waals surface area contributed by atoms with Crippen LogP contribution < -0.4 is 15.5 Å². The van der Waals surface area contributed by atoms with Crippen molar-refractivity contribution in [3.05, 3.63) is 10.7 Å². The predicted octanol–water partition coefficient (Wildman–Crippen LogP) is 0.996. The second-order valence-corrected chi connectivity index (χ2v) is 5.44. The highest BCUT2D eigenvalue weighted by molar-refractivity contribution is 9.10. The number of anilines is 2. The Kier molecular flexibility index (Phi) is 3.43. The van der Waals surface area contributed by atoms with Crippen molar-refractivity contribution in [2.45, 2.75) is 19.4 Å². The maximum absolute atomic E-state index is 11.9. The van der Waals surface area contributed by atoms with Crippen LogP contribution in [0.5, 0.6) is 0 Å². The average molecular weight is 314 g/mol. The van der Waals surface area contributed by atoms with Gasteiger partial charge in [0, 0.05) is 26.3 Å². The number of amides is 1. The van der Waals surface area contributed by atoms with Gasteiger partial charge in [0.05, 0.1) is 4.47 Å². The molecule has 0 bridgehead atoms. The normalized spacial score (nSPS) is 18.4. The van der Waals surface area contributed by atoms with Crippen LogP contribution in [-0.4, -0.2) is 41.6 Å². The number of aromatic nitrogens is 2. The summed E-state index contributed by atoms with van der Waals surface area (Å²) in [6, 6.07) is 0. The molecule has 6 nitrogen and oxygen atoms in total. The predicted molar refractivity (Wildman–Crippen MR) is 73.7 cm³/mol. The number of nitrogens with one attached hydrogen (secondary N) is 2. The van der Waals surface area contributed by atoms with Crippen LogP contribution in [0.1, 0.15) is 13.8 Å². The zero-order valence-electron chi connectivity index (χ0n) is 10.6. The lowest BCUT2D eigenvalue weighted by molar-refractivity contribution is -0.126. The van der Waals surface area contributed by atoms with Crippen molar-refractivity contribution < 1.29 is 4.79 Å². The fraction of sp³-hybridized carbons (Fsp3) is 0.545. The quantitative estimate of drug-likeness (QED) is 0.852. The number of hydrogen-bond acceptors (Lipinski definition) is 5. The zero-order valence-corrected chi connectivity index (χ0v) is 12.2. The average Bonchev–Trinajstić information content (AvgIpc) is 2.34. The molecular formula is C11H16BrN5O. The highest BCUT2D eigenvalue weighted by Gasteiger charge is 2.39. The Bertz CT molecular complexity index is 477. The molecule has 1 aliphatic rings. The Balaban J connectivity index is 2.43. The summed E-state index contributed by atoms with van der Waals surface area (Å²) >= 11 is 3.44. The van der Waals surface area contributed by atoms with Gasteiger partial charge in [0.1, 0.15) is 11.4 Å². The van der Waals surface area contributed by atoms with Crippen LogP contribution in [0.4, 0.5) is 11.8 Å². The molecule has 0 atom stereocenters. The largest absolute Gasteiger partial charge is 0.357 e. The van der Waals surface area contributed by atoms with E-state index in [2.05, 4.69) is 36.5 Å². The number of carbonyl (C=O) groups excluding carboxylic acids is 1. The van der Waals surface area contributed by atoms with Crippen molar-refractivity contribution in [3.8, 4) is 0 Å². The minimum absolute atomic E-state index is 0.00488. The van der Waals surface area contributed by atoms with Crippen molar-refractivity contribution in [3.63, 3.8) is 0 Å². The number of halogens is 1. The van der Waals surface area contributed by atoms with E-state index >= 15 is 0 Å². The van der Waals surface area contributed by atoms with Crippen LogP contribution in [0.3, 0.4) is 0 Å². The first-order valence-corrected chi connectivity index (χ1v) is 6.52. The summed E-state index contributed by atoms with van der Waals surface area (Å²) in [4.78, 5) is 22.5. The molecule has 7 heteroatoms. The lowest BCUT2D eigenvalue weighted by Gasteiger charge is -2.42. The molecule has 2 N–H and O–H groups in total. The number of piperazine rings is 1. The zero-order chi connectivity index (χ0) is 13.3. The molecule has 0 spiro atoms. The maximum Gasteiger partial charge on any atom is 0.245 e. The Morgan fingerprint density at radius 2 is 2.28 bits per heavy atom. The van der Waals surface area contributed by atoms with Crippen LogP contribution in [0.25, 0.3) is 0 Å². The van der Waals surface area contributed by atoms with Crippen LogP contribution in [0.2, 0.25) is 0 Å². The van der Waals surface area contributed by atoms with E-state index in [0.29, 0.717) is 12.5 Å². The highest BCUT2D eigenvalue weighted by atomic mass is 79.9. The minimum Gasteiger partial charge on any atom is -0.357 e. The fourth-order valence-corrected chi connectivity index (χ4v) is 2.34. The van der Waals surface area contributed by atoms with Crippen molar-refractivity contribution in [1.82, 2.24) is 15.3 Å². The third kappa shape index (κ3) is 2.14. The second kappa shape index (κ2) is 4.72. The number of nitrogens with zero attached hydrogens (tertiary/aromatic N) is 3. The molecule has 1 aromatic rings. The minimum atomic E-state index is -0.625. The molecule has 0 aromatic carbocycles. The van der Waals surface area contributed by atoms with Gasteiger partial charge in [0.15, 0.2) is 0 Å². The molecule has 98 valence electrons. The fourth-order valence-electron chi connectivity index (χ4n) is 1.94. The van der Waals surface area contributed by atoms with E-state index in [1.807, 2.05) is 18.7 Å². The van der Waals surface area contributed by atoms with Gasteiger partial charge in [0.2, 0.25) is 11.9 Å². The van der Waals surface area contributed by atoms with Gasteiger partial charge in [-0.15, -0.1) is 0 Å². The first kappa shape index (κ1) is 13.1. The van der Waals surface area contributed by atoms with Gasteiger partial charge in [-0.05, 0) is 29.8 Å². The maximum atomic E-state index is 11.9. The van der Waals surface area contributed by atoms with E-state index in [-0.39, 0.29) is 5.91 Å². The number of carbonyl (C=O) groups is 1.